The number of allylic oxidation sites excluding steroid dienone is 3. The van der Waals surface area contributed by atoms with Gasteiger partial charge in [-0.3, -0.25) is 4.79 Å². The molecule has 1 aromatic rings. The van der Waals surface area contributed by atoms with Crippen LogP contribution in [0.3, 0.4) is 0 Å². The Hall–Kier alpha value is -2.09. The van der Waals surface area contributed by atoms with E-state index in [1.54, 1.807) is 18.2 Å². The second-order valence-corrected chi connectivity index (χ2v) is 3.35. The maximum absolute atomic E-state index is 11.6. The highest BCUT2D eigenvalue weighted by Crippen LogP contribution is 2.34. The first kappa shape index (κ1) is 13.0. The van der Waals surface area contributed by atoms with Gasteiger partial charge in [0.2, 0.25) is 0 Å². The van der Waals surface area contributed by atoms with Crippen molar-refractivity contribution in [1.82, 2.24) is 0 Å². The Kier molecular flexibility index (Phi) is 4.05. The van der Waals surface area contributed by atoms with Crippen LogP contribution in [0.1, 0.15) is 35.3 Å². The van der Waals surface area contributed by atoms with Crippen molar-refractivity contribution in [2.75, 3.05) is 0 Å². The summed E-state index contributed by atoms with van der Waals surface area (Å²) >= 11 is 0. The normalized spacial score (nSPS) is 12.6. The Balaban J connectivity index is 0.000000686. The van der Waals surface area contributed by atoms with E-state index in [1.165, 1.54) is 12.1 Å². The zero-order valence-corrected chi connectivity index (χ0v) is 10.2. The second-order valence-electron chi connectivity index (χ2n) is 3.35. The Labute approximate surface area is 102 Å². The van der Waals surface area contributed by atoms with Crippen molar-refractivity contribution in [3.8, 4) is 5.75 Å². The van der Waals surface area contributed by atoms with Gasteiger partial charge in [0.25, 0.3) is 0 Å². The number of carbonyl (C=O) groups excluding carboxylic acids is 1. The minimum absolute atomic E-state index is 0.00824. The number of hydrogen-bond acceptors (Lipinski definition) is 2. The molecular weight excluding hydrogens is 212 g/mol. The van der Waals surface area contributed by atoms with Crippen molar-refractivity contribution in [3.05, 3.63) is 54.1 Å². The van der Waals surface area contributed by atoms with E-state index < -0.39 is 0 Å². The number of benzene rings is 1. The Morgan fingerprint density at radius 1 is 1.18 bits per heavy atom. The van der Waals surface area contributed by atoms with Gasteiger partial charge < -0.3 is 5.11 Å². The van der Waals surface area contributed by atoms with Gasteiger partial charge in [-0.1, -0.05) is 45.2 Å². The maximum Gasteiger partial charge on any atom is 0.190 e. The summed E-state index contributed by atoms with van der Waals surface area (Å²) in [6.07, 6.45) is 4.71. The third-order valence-corrected chi connectivity index (χ3v) is 2.44. The molecule has 0 unspecified atom stereocenters. The van der Waals surface area contributed by atoms with Gasteiger partial charge in [0.15, 0.2) is 5.78 Å². The van der Waals surface area contributed by atoms with Gasteiger partial charge >= 0.3 is 0 Å². The number of carbonyl (C=O) groups is 1. The molecule has 0 fully saturated rings. The first-order valence-electron chi connectivity index (χ1n) is 5.55. The summed E-state index contributed by atoms with van der Waals surface area (Å²) in [6, 6.07) is 3.22. The van der Waals surface area contributed by atoms with Crippen molar-refractivity contribution >= 4 is 17.4 Å². The molecule has 2 nitrogen and oxygen atoms in total. The van der Waals surface area contributed by atoms with Crippen LogP contribution in [0.2, 0.25) is 0 Å². The molecule has 2 heteroatoms. The lowest BCUT2D eigenvalue weighted by molar-refractivity contribution is 0.104. The molecule has 1 aromatic carbocycles. The summed E-state index contributed by atoms with van der Waals surface area (Å²) in [5.74, 6) is -0.204. The van der Waals surface area contributed by atoms with Crippen LogP contribution >= 0.6 is 0 Å². The lowest BCUT2D eigenvalue weighted by atomic mass is 9.88. The molecule has 0 radical (unpaired) electrons. The van der Waals surface area contributed by atoms with Crippen LogP contribution in [-0.4, -0.2) is 10.9 Å². The van der Waals surface area contributed by atoms with Crippen LogP contribution < -0.4 is 0 Å². The molecule has 1 aliphatic carbocycles. The van der Waals surface area contributed by atoms with E-state index in [2.05, 4.69) is 13.2 Å². The van der Waals surface area contributed by atoms with E-state index in [1.807, 2.05) is 13.8 Å². The third kappa shape index (κ3) is 2.21. The minimum Gasteiger partial charge on any atom is -0.507 e. The highest BCUT2D eigenvalue weighted by atomic mass is 16.3. The number of ketones is 1. The quantitative estimate of drug-likeness (QED) is 0.793. The fourth-order valence-corrected chi connectivity index (χ4v) is 1.72. The molecule has 88 valence electrons. The van der Waals surface area contributed by atoms with E-state index in [4.69, 9.17) is 0 Å². The summed E-state index contributed by atoms with van der Waals surface area (Å²) in [5.41, 5.74) is 2.53. The lowest BCUT2D eigenvalue weighted by Gasteiger charge is -2.16. The van der Waals surface area contributed by atoms with Crippen molar-refractivity contribution in [2.45, 2.75) is 13.8 Å². The molecule has 0 bridgehead atoms. The largest absolute Gasteiger partial charge is 0.507 e. The molecule has 17 heavy (non-hydrogen) atoms. The Morgan fingerprint density at radius 2 is 1.82 bits per heavy atom. The van der Waals surface area contributed by atoms with Crippen molar-refractivity contribution < 1.29 is 9.90 Å². The molecule has 2 rings (SSSR count). The molecule has 0 saturated carbocycles. The fraction of sp³-hybridized carbons (Fsp3) is 0.133. The van der Waals surface area contributed by atoms with E-state index in [0.717, 1.165) is 11.1 Å². The first-order valence-corrected chi connectivity index (χ1v) is 5.55. The highest BCUT2D eigenvalue weighted by molar-refractivity contribution is 6.14. The summed E-state index contributed by atoms with van der Waals surface area (Å²) in [6.45, 7) is 11.5. The average molecular weight is 228 g/mol. The van der Waals surface area contributed by atoms with Crippen molar-refractivity contribution in [2.24, 2.45) is 0 Å². The molecule has 0 aromatic heterocycles. The van der Waals surface area contributed by atoms with Crippen LogP contribution in [-0.2, 0) is 0 Å². The number of aromatic hydroxyl groups is 1. The monoisotopic (exact) mass is 228 g/mol. The standard InChI is InChI=1S/C13H10O2.C2H6/c1-3-9-5-7-11(15)13-10(14)6-4-8(2)12(9)13;1-2/h3-7,15H,1-2H2;1-2H3. The Morgan fingerprint density at radius 3 is 2.41 bits per heavy atom. The molecule has 0 atom stereocenters. The highest BCUT2D eigenvalue weighted by Gasteiger charge is 2.21. The van der Waals surface area contributed by atoms with Crippen LogP contribution in [0.5, 0.6) is 5.75 Å². The fourth-order valence-electron chi connectivity index (χ4n) is 1.72. The van der Waals surface area contributed by atoms with Crippen LogP contribution in [0.4, 0.5) is 0 Å². The lowest BCUT2D eigenvalue weighted by Crippen LogP contribution is -2.06. The average Bonchev–Trinajstić information content (AvgIpc) is 2.36. The summed E-state index contributed by atoms with van der Waals surface area (Å²) < 4.78 is 0. The molecule has 1 N–H and O–H groups in total. The van der Waals surface area contributed by atoms with Gasteiger partial charge in [0, 0.05) is 5.56 Å². The molecule has 0 heterocycles. The van der Waals surface area contributed by atoms with Gasteiger partial charge in [-0.05, 0) is 23.3 Å². The number of phenols is 1. The number of phenolic OH excluding ortho intramolecular Hbond substituents is 1. The summed E-state index contributed by atoms with van der Waals surface area (Å²) in [7, 11) is 0. The van der Waals surface area contributed by atoms with E-state index in [-0.39, 0.29) is 11.5 Å². The molecule has 0 amide bonds. The van der Waals surface area contributed by atoms with Crippen LogP contribution in [0.25, 0.3) is 11.6 Å². The smallest absolute Gasteiger partial charge is 0.190 e. The van der Waals surface area contributed by atoms with Gasteiger partial charge in [0.05, 0.1) is 5.56 Å². The van der Waals surface area contributed by atoms with E-state index in [9.17, 15) is 9.90 Å². The Bertz CT molecular complexity index is 508. The number of rotatable bonds is 1. The predicted molar refractivity (Wildman–Crippen MR) is 72.1 cm³/mol. The van der Waals surface area contributed by atoms with Crippen LogP contribution in [0, 0.1) is 0 Å². The van der Waals surface area contributed by atoms with E-state index in [0.29, 0.717) is 11.1 Å². The molecule has 1 aliphatic rings. The van der Waals surface area contributed by atoms with Gasteiger partial charge in [-0.2, -0.15) is 0 Å². The summed E-state index contributed by atoms with van der Waals surface area (Å²) in [5, 5.41) is 9.63. The summed E-state index contributed by atoms with van der Waals surface area (Å²) in [4.78, 5) is 11.6. The molecule has 0 spiro atoms. The number of hydrogen-bond donors (Lipinski definition) is 1. The van der Waals surface area contributed by atoms with Gasteiger partial charge in [-0.15, -0.1) is 0 Å². The van der Waals surface area contributed by atoms with Crippen molar-refractivity contribution in [3.63, 3.8) is 0 Å². The topological polar surface area (TPSA) is 37.3 Å². The number of fused-ring (bicyclic) bond motifs is 1. The van der Waals surface area contributed by atoms with Gasteiger partial charge in [-0.25, -0.2) is 0 Å². The minimum atomic E-state index is -0.196. The second kappa shape index (κ2) is 5.30. The van der Waals surface area contributed by atoms with Gasteiger partial charge in [0.1, 0.15) is 5.75 Å². The predicted octanol–water partition coefficient (Wildman–Crippen LogP) is 3.83. The third-order valence-electron chi connectivity index (χ3n) is 2.44. The van der Waals surface area contributed by atoms with E-state index >= 15 is 0 Å². The zero-order valence-electron chi connectivity index (χ0n) is 10.2. The van der Waals surface area contributed by atoms with Crippen molar-refractivity contribution in [1.29, 1.82) is 0 Å². The van der Waals surface area contributed by atoms with Crippen LogP contribution in [0.15, 0.2) is 37.4 Å². The SMILES string of the molecule is C=Cc1ccc(O)c2c1C(=C)C=CC2=O.CC. The molecule has 0 saturated heterocycles. The molecular formula is C15H16O2. The maximum atomic E-state index is 11.6. The zero-order chi connectivity index (χ0) is 13.0. The molecule has 0 aliphatic heterocycles. The first-order chi connectivity index (χ1) is 8.15.